The van der Waals surface area contributed by atoms with E-state index in [-0.39, 0.29) is 25.9 Å². The smallest absolute Gasteiger partial charge is 0.335 e. The van der Waals surface area contributed by atoms with E-state index >= 15 is 0 Å². The van der Waals surface area contributed by atoms with E-state index in [9.17, 15) is 34.5 Å². The first-order valence-electron chi connectivity index (χ1n) is 30.2. The predicted molar refractivity (Wildman–Crippen MR) is 321 cm³/mol. The average Bonchev–Trinajstić information content (AvgIpc) is 3.46. The largest absolute Gasteiger partial charge is 0.479 e. The molecule has 444 valence electrons. The molecule has 1 aliphatic heterocycles. The third-order valence-corrected chi connectivity index (χ3v) is 12.7. The molecule has 12 heteroatoms. The number of aliphatic hydroxyl groups is 2. The summed E-state index contributed by atoms with van der Waals surface area (Å²) in [7, 11) is 0. The SMILES string of the molecule is CC/C=C\C/C=C\C/C=C\C/C=C\C/C=C\CCCCCC(=O)OC1C(OCC(COC(=O)CCCCCCCCC/C=C\C/C=C\C/C=C\CC)OC(=O)CCCCC/C=C\C/C=C\C/C=C\CC)OC(C(=O)O)C(O)C1O. The number of unbranched alkanes of at least 4 members (excludes halogenated alkanes) is 13. The van der Waals surface area contributed by atoms with Crippen molar-refractivity contribution in [1.29, 1.82) is 0 Å². The number of aliphatic carboxylic acids is 1. The Morgan fingerprint density at radius 3 is 1.16 bits per heavy atom. The number of carbonyl (C=O) groups excluding carboxylic acids is 3. The van der Waals surface area contributed by atoms with E-state index in [4.69, 9.17) is 23.7 Å². The normalized spacial score (nSPS) is 18.8. The first-order valence-corrected chi connectivity index (χ1v) is 30.2. The molecule has 0 aromatic carbocycles. The standard InChI is InChI=1S/C67H104O12/c1-4-7-10-13-16-19-22-25-27-29-30-32-34-37-40-43-46-49-52-55-61(70)78-65-63(72)62(71)64(66(73)74)79-67(65)76-57-58(77-60(69)54-51-48-45-42-39-35-24-21-18-15-12-9-6-3)56-75-59(68)53-50-47-44-41-38-36-33-31-28-26-23-20-17-14-11-8-5-2/h7-12,16-21,25-28,30,32,35,37,39-40,58,62-65,67,71-72H,4-6,13-15,22-24,29,31,33-34,36,38,41-57H2,1-3H3,(H,73,74)/b10-7-,11-8-,12-9-,19-16-,20-17-,21-18-,27-25-,28-26-,32-30-,39-35-,40-37-. The maximum atomic E-state index is 13.1. The van der Waals surface area contributed by atoms with Crippen LogP contribution in [0.15, 0.2) is 134 Å². The molecule has 1 fully saturated rings. The van der Waals surface area contributed by atoms with Gasteiger partial charge in [0.2, 0.25) is 0 Å². The van der Waals surface area contributed by atoms with Gasteiger partial charge in [0.1, 0.15) is 18.8 Å². The van der Waals surface area contributed by atoms with Crippen LogP contribution in [0.1, 0.15) is 213 Å². The van der Waals surface area contributed by atoms with Gasteiger partial charge in [-0.3, -0.25) is 14.4 Å². The summed E-state index contributed by atoms with van der Waals surface area (Å²) in [6.07, 6.45) is 62.7. The summed E-state index contributed by atoms with van der Waals surface area (Å²) in [6.45, 7) is 5.59. The van der Waals surface area contributed by atoms with Crippen LogP contribution in [0.4, 0.5) is 0 Å². The molecule has 1 aliphatic rings. The quantitative estimate of drug-likeness (QED) is 0.0228. The van der Waals surface area contributed by atoms with E-state index in [1.165, 1.54) is 6.42 Å². The van der Waals surface area contributed by atoms with Crippen molar-refractivity contribution in [3.05, 3.63) is 134 Å². The van der Waals surface area contributed by atoms with E-state index < -0.39 is 67.3 Å². The van der Waals surface area contributed by atoms with Gasteiger partial charge in [-0.2, -0.15) is 0 Å². The Bertz CT molecular complexity index is 1880. The Labute approximate surface area is 477 Å². The highest BCUT2D eigenvalue weighted by molar-refractivity contribution is 5.74. The second-order valence-corrected chi connectivity index (χ2v) is 19.8. The van der Waals surface area contributed by atoms with Gasteiger partial charge in [0.05, 0.1) is 6.61 Å². The third kappa shape index (κ3) is 43.4. The molecule has 1 rings (SSSR count). The molecule has 79 heavy (non-hydrogen) atoms. The van der Waals surface area contributed by atoms with Crippen molar-refractivity contribution < 1.29 is 58.2 Å². The molecule has 0 bridgehead atoms. The highest BCUT2D eigenvalue weighted by Crippen LogP contribution is 2.26. The summed E-state index contributed by atoms with van der Waals surface area (Å²) in [5.74, 6) is -3.24. The van der Waals surface area contributed by atoms with E-state index in [1.807, 2.05) is 0 Å². The molecule has 1 saturated heterocycles. The predicted octanol–water partition coefficient (Wildman–Crippen LogP) is 15.8. The zero-order valence-corrected chi connectivity index (χ0v) is 48.8. The van der Waals surface area contributed by atoms with Crippen LogP contribution in [-0.2, 0) is 42.9 Å². The number of carbonyl (C=O) groups is 4. The number of esters is 3. The molecule has 0 spiro atoms. The minimum atomic E-state index is -1.93. The van der Waals surface area contributed by atoms with Crippen LogP contribution in [-0.4, -0.2) is 89.2 Å². The van der Waals surface area contributed by atoms with Crippen molar-refractivity contribution >= 4 is 23.9 Å². The van der Waals surface area contributed by atoms with Crippen LogP contribution in [0, 0.1) is 0 Å². The van der Waals surface area contributed by atoms with Crippen molar-refractivity contribution in [3.8, 4) is 0 Å². The summed E-state index contributed by atoms with van der Waals surface area (Å²) in [5.41, 5.74) is 0. The van der Waals surface area contributed by atoms with Crippen LogP contribution in [0.5, 0.6) is 0 Å². The third-order valence-electron chi connectivity index (χ3n) is 12.7. The first kappa shape index (κ1) is 71.9. The fourth-order valence-electron chi connectivity index (χ4n) is 8.19. The monoisotopic (exact) mass is 1100 g/mol. The van der Waals surface area contributed by atoms with Crippen molar-refractivity contribution in [2.45, 2.75) is 250 Å². The zero-order valence-electron chi connectivity index (χ0n) is 48.8. The summed E-state index contributed by atoms with van der Waals surface area (Å²) in [6, 6.07) is 0. The van der Waals surface area contributed by atoms with Gasteiger partial charge in [-0.05, 0) is 128 Å². The molecule has 6 unspecified atom stereocenters. The van der Waals surface area contributed by atoms with Gasteiger partial charge < -0.3 is 39.0 Å². The summed E-state index contributed by atoms with van der Waals surface area (Å²) >= 11 is 0. The average molecular weight is 1100 g/mol. The number of carboxylic acids is 1. The van der Waals surface area contributed by atoms with E-state index in [0.717, 1.165) is 148 Å². The molecule has 3 N–H and O–H groups in total. The van der Waals surface area contributed by atoms with Gasteiger partial charge in [-0.25, -0.2) is 4.79 Å². The van der Waals surface area contributed by atoms with Gasteiger partial charge in [0.25, 0.3) is 0 Å². The lowest BCUT2D eigenvalue weighted by molar-refractivity contribution is -0.301. The van der Waals surface area contributed by atoms with Crippen molar-refractivity contribution in [1.82, 2.24) is 0 Å². The number of aliphatic hydroxyl groups excluding tert-OH is 2. The van der Waals surface area contributed by atoms with Crippen LogP contribution in [0.2, 0.25) is 0 Å². The molecular formula is C67H104O12. The second kappa shape index (κ2) is 53.5. The molecule has 6 atom stereocenters. The molecule has 0 radical (unpaired) electrons. The second-order valence-electron chi connectivity index (χ2n) is 19.8. The molecule has 0 saturated carbocycles. The Morgan fingerprint density at radius 1 is 0.418 bits per heavy atom. The molecule has 1 heterocycles. The van der Waals surface area contributed by atoms with Gasteiger partial charge in [-0.1, -0.05) is 199 Å². The van der Waals surface area contributed by atoms with Crippen LogP contribution >= 0.6 is 0 Å². The lowest BCUT2D eigenvalue weighted by atomic mass is 9.98. The van der Waals surface area contributed by atoms with Crippen LogP contribution in [0.3, 0.4) is 0 Å². The first-order chi connectivity index (χ1) is 38.6. The van der Waals surface area contributed by atoms with Gasteiger partial charge in [0.15, 0.2) is 24.6 Å². The highest BCUT2D eigenvalue weighted by atomic mass is 16.7. The number of hydrogen-bond donors (Lipinski definition) is 3. The zero-order chi connectivity index (χ0) is 57.5. The molecule has 0 amide bonds. The van der Waals surface area contributed by atoms with Crippen molar-refractivity contribution in [2.24, 2.45) is 0 Å². The number of hydrogen-bond acceptors (Lipinski definition) is 11. The number of rotatable bonds is 49. The Morgan fingerprint density at radius 2 is 0.759 bits per heavy atom. The molecule has 12 nitrogen and oxygen atoms in total. The lowest BCUT2D eigenvalue weighted by Crippen LogP contribution is -2.61. The van der Waals surface area contributed by atoms with Crippen LogP contribution in [0.25, 0.3) is 0 Å². The maximum Gasteiger partial charge on any atom is 0.335 e. The fraction of sp³-hybridized carbons (Fsp3) is 0.612. The Balaban J connectivity index is 2.72. The van der Waals surface area contributed by atoms with Crippen molar-refractivity contribution in [3.63, 3.8) is 0 Å². The van der Waals surface area contributed by atoms with Crippen LogP contribution < -0.4 is 0 Å². The molecule has 0 aliphatic carbocycles. The minimum Gasteiger partial charge on any atom is -0.479 e. The topological polar surface area (TPSA) is 175 Å². The minimum absolute atomic E-state index is 0.00925. The molecule has 0 aromatic rings. The molecule has 0 aromatic heterocycles. The summed E-state index contributed by atoms with van der Waals surface area (Å²) in [4.78, 5) is 51.2. The van der Waals surface area contributed by atoms with Gasteiger partial charge >= 0.3 is 23.9 Å². The summed E-state index contributed by atoms with van der Waals surface area (Å²) < 4.78 is 28.4. The number of carboxylic acid groups (broad SMARTS) is 1. The Kier molecular flexibility index (Phi) is 48.7. The number of allylic oxidation sites excluding steroid dienone is 22. The van der Waals surface area contributed by atoms with Gasteiger partial charge in [0, 0.05) is 19.3 Å². The summed E-state index contributed by atoms with van der Waals surface area (Å²) in [5, 5.41) is 31.5. The number of ether oxygens (including phenoxy) is 5. The lowest BCUT2D eigenvalue weighted by Gasteiger charge is -2.40. The highest BCUT2D eigenvalue weighted by Gasteiger charge is 2.50. The van der Waals surface area contributed by atoms with Gasteiger partial charge in [-0.15, -0.1) is 0 Å². The van der Waals surface area contributed by atoms with Crippen molar-refractivity contribution in [2.75, 3.05) is 13.2 Å². The Hall–Kier alpha value is -5.14. The van der Waals surface area contributed by atoms with E-state index in [1.54, 1.807) is 0 Å². The fourth-order valence-corrected chi connectivity index (χ4v) is 8.19. The van der Waals surface area contributed by atoms with E-state index in [0.29, 0.717) is 19.3 Å². The molecular weight excluding hydrogens is 997 g/mol. The van der Waals surface area contributed by atoms with E-state index in [2.05, 4.69) is 154 Å². The maximum absolute atomic E-state index is 13.1.